The number of anilines is 1. The summed E-state index contributed by atoms with van der Waals surface area (Å²) in [5, 5.41) is 3.47. The predicted octanol–water partition coefficient (Wildman–Crippen LogP) is 3.54. The van der Waals surface area contributed by atoms with Crippen LogP contribution in [0.25, 0.3) is 0 Å². The van der Waals surface area contributed by atoms with Crippen LogP contribution >= 0.6 is 23.2 Å². The van der Waals surface area contributed by atoms with Crippen molar-refractivity contribution in [3.8, 4) is 0 Å². The Morgan fingerprint density at radius 1 is 1.20 bits per heavy atom. The van der Waals surface area contributed by atoms with E-state index in [2.05, 4.69) is 15.3 Å². The standard InChI is InChI=1S/C18H15Cl2N3O2/c19-12-5-9(7-22-17(12)20)23-18(24)14-13(8-1-3-21-4-2-8)15-10-6-11(10)16(14)25-15/h1-5,7,10-11,13-16H,6H2,(H,23,24)/t10-,11+,13+,14+,15-,16+/m0/s1. The molecule has 1 N–H and O–H groups in total. The number of carbonyl (C=O) groups is 1. The number of rotatable bonds is 3. The smallest absolute Gasteiger partial charge is 0.230 e. The van der Waals surface area contributed by atoms with Crippen LogP contribution in [-0.4, -0.2) is 28.1 Å². The highest BCUT2D eigenvalue weighted by Crippen LogP contribution is 2.65. The Labute approximate surface area is 154 Å². The Morgan fingerprint density at radius 2 is 1.96 bits per heavy atom. The van der Waals surface area contributed by atoms with Gasteiger partial charge in [-0.05, 0) is 42.0 Å². The van der Waals surface area contributed by atoms with Crippen LogP contribution in [0.15, 0.2) is 36.8 Å². The zero-order chi connectivity index (χ0) is 17.1. The van der Waals surface area contributed by atoms with Gasteiger partial charge in [0.2, 0.25) is 5.91 Å². The highest BCUT2D eigenvalue weighted by molar-refractivity contribution is 6.41. The van der Waals surface area contributed by atoms with Gasteiger partial charge in [-0.15, -0.1) is 0 Å². The van der Waals surface area contributed by atoms with E-state index in [1.54, 1.807) is 18.5 Å². The largest absolute Gasteiger partial charge is 0.373 e. The van der Waals surface area contributed by atoms with Gasteiger partial charge in [-0.3, -0.25) is 9.78 Å². The predicted molar refractivity (Wildman–Crippen MR) is 93.6 cm³/mol. The number of nitrogens with zero attached hydrogens (tertiary/aromatic N) is 2. The summed E-state index contributed by atoms with van der Waals surface area (Å²) in [5.41, 5.74) is 1.66. The minimum absolute atomic E-state index is 0.0103. The summed E-state index contributed by atoms with van der Waals surface area (Å²) < 4.78 is 6.17. The molecule has 3 fully saturated rings. The van der Waals surface area contributed by atoms with Gasteiger partial charge in [0.1, 0.15) is 5.15 Å². The third kappa shape index (κ3) is 2.45. The van der Waals surface area contributed by atoms with Gasteiger partial charge < -0.3 is 10.1 Å². The molecule has 25 heavy (non-hydrogen) atoms. The Bertz CT molecular complexity index is 847. The lowest BCUT2D eigenvalue weighted by molar-refractivity contribution is -0.122. The maximum Gasteiger partial charge on any atom is 0.230 e. The second-order valence-corrected chi connectivity index (χ2v) is 7.71. The van der Waals surface area contributed by atoms with Crippen molar-refractivity contribution in [2.24, 2.45) is 17.8 Å². The van der Waals surface area contributed by atoms with E-state index in [0.29, 0.717) is 22.5 Å². The molecule has 1 aliphatic carbocycles. The first-order valence-electron chi connectivity index (χ1n) is 8.31. The van der Waals surface area contributed by atoms with Gasteiger partial charge in [-0.25, -0.2) is 4.98 Å². The van der Waals surface area contributed by atoms with Crippen molar-refractivity contribution in [2.75, 3.05) is 5.32 Å². The molecular weight excluding hydrogens is 361 g/mol. The lowest BCUT2D eigenvalue weighted by Gasteiger charge is -2.27. The first kappa shape index (κ1) is 15.6. The van der Waals surface area contributed by atoms with Crippen molar-refractivity contribution in [3.63, 3.8) is 0 Å². The molecule has 2 aromatic rings. The van der Waals surface area contributed by atoms with Crippen molar-refractivity contribution < 1.29 is 9.53 Å². The molecule has 0 aromatic carbocycles. The zero-order valence-electron chi connectivity index (χ0n) is 13.1. The number of amides is 1. The van der Waals surface area contributed by atoms with Crippen LogP contribution in [0, 0.1) is 17.8 Å². The summed E-state index contributed by atoms with van der Waals surface area (Å²) in [6.45, 7) is 0. The van der Waals surface area contributed by atoms with Crippen LogP contribution in [-0.2, 0) is 9.53 Å². The number of ether oxygens (including phenoxy) is 1. The summed E-state index contributed by atoms with van der Waals surface area (Å²) in [6, 6.07) is 5.57. The van der Waals surface area contributed by atoms with E-state index in [4.69, 9.17) is 27.9 Å². The molecule has 2 bridgehead atoms. The number of pyridine rings is 2. The van der Waals surface area contributed by atoms with E-state index in [0.717, 1.165) is 12.0 Å². The van der Waals surface area contributed by atoms with Crippen LogP contribution < -0.4 is 5.32 Å². The first-order valence-corrected chi connectivity index (χ1v) is 9.06. The van der Waals surface area contributed by atoms with Crippen molar-refractivity contribution in [1.29, 1.82) is 0 Å². The molecule has 1 amide bonds. The fourth-order valence-corrected chi connectivity index (χ4v) is 4.76. The van der Waals surface area contributed by atoms with E-state index in [1.165, 1.54) is 6.20 Å². The van der Waals surface area contributed by atoms with Crippen molar-refractivity contribution >= 4 is 34.8 Å². The molecule has 4 heterocycles. The van der Waals surface area contributed by atoms with Gasteiger partial charge in [0.05, 0.1) is 35.0 Å². The SMILES string of the molecule is O=C(Nc1cnc(Cl)c(Cl)c1)[C@H]1[C@@H]2O[C@@H]([C@H]3C[C@H]32)[C@@H]1c1ccncc1. The van der Waals surface area contributed by atoms with E-state index >= 15 is 0 Å². The summed E-state index contributed by atoms with van der Waals surface area (Å²) >= 11 is 11.8. The molecule has 2 aliphatic heterocycles. The van der Waals surface area contributed by atoms with Gasteiger partial charge >= 0.3 is 0 Å². The van der Waals surface area contributed by atoms with Gasteiger partial charge in [-0.2, -0.15) is 0 Å². The molecule has 2 saturated heterocycles. The first-order chi connectivity index (χ1) is 12.1. The Kier molecular flexibility index (Phi) is 3.52. The maximum absolute atomic E-state index is 13.0. The number of nitrogens with one attached hydrogen (secondary N) is 1. The molecule has 2 aromatic heterocycles. The highest BCUT2D eigenvalue weighted by Gasteiger charge is 2.68. The Hall–Kier alpha value is -1.69. The fraction of sp³-hybridized carbons (Fsp3) is 0.389. The lowest BCUT2D eigenvalue weighted by atomic mass is 9.75. The molecule has 1 saturated carbocycles. The number of halogens is 2. The van der Waals surface area contributed by atoms with Crippen LogP contribution in [0.5, 0.6) is 0 Å². The third-order valence-electron chi connectivity index (χ3n) is 5.60. The molecule has 0 radical (unpaired) electrons. The van der Waals surface area contributed by atoms with Crippen LogP contribution in [0.3, 0.4) is 0 Å². The van der Waals surface area contributed by atoms with E-state index in [9.17, 15) is 4.79 Å². The average Bonchev–Trinajstić information content (AvgIpc) is 3.23. The molecule has 128 valence electrons. The molecule has 3 aliphatic rings. The number of aromatic nitrogens is 2. The minimum atomic E-state index is -0.217. The Balaban J connectivity index is 1.44. The van der Waals surface area contributed by atoms with E-state index < -0.39 is 0 Å². The van der Waals surface area contributed by atoms with Crippen LogP contribution in [0.1, 0.15) is 17.9 Å². The Morgan fingerprint density at radius 3 is 2.72 bits per heavy atom. The number of hydrogen-bond donors (Lipinski definition) is 1. The molecule has 0 spiro atoms. The summed E-state index contributed by atoms with van der Waals surface area (Å²) in [5.74, 6) is 0.905. The summed E-state index contributed by atoms with van der Waals surface area (Å²) in [4.78, 5) is 21.1. The molecule has 5 rings (SSSR count). The monoisotopic (exact) mass is 375 g/mol. The quantitative estimate of drug-likeness (QED) is 0.833. The molecular formula is C18H15Cl2N3O2. The number of hydrogen-bond acceptors (Lipinski definition) is 4. The second kappa shape index (κ2) is 5.66. The average molecular weight is 376 g/mol. The van der Waals surface area contributed by atoms with Gasteiger partial charge in [0, 0.05) is 18.3 Å². The summed E-state index contributed by atoms with van der Waals surface area (Å²) in [6.07, 6.45) is 6.33. The molecule has 5 nitrogen and oxygen atoms in total. The van der Waals surface area contributed by atoms with Gasteiger partial charge in [-0.1, -0.05) is 23.2 Å². The topological polar surface area (TPSA) is 64.1 Å². The van der Waals surface area contributed by atoms with Gasteiger partial charge in [0.15, 0.2) is 0 Å². The van der Waals surface area contributed by atoms with E-state index in [1.807, 2.05) is 12.1 Å². The third-order valence-corrected chi connectivity index (χ3v) is 6.29. The molecule has 0 unspecified atom stereocenters. The number of carbonyl (C=O) groups excluding carboxylic acids is 1. The normalized spacial score (nSPS) is 34.6. The molecule has 6 atom stereocenters. The minimum Gasteiger partial charge on any atom is -0.373 e. The van der Waals surface area contributed by atoms with Crippen molar-refractivity contribution in [2.45, 2.75) is 24.5 Å². The number of fused-ring (bicyclic) bond motifs is 5. The van der Waals surface area contributed by atoms with Crippen LogP contribution in [0.4, 0.5) is 5.69 Å². The summed E-state index contributed by atoms with van der Waals surface area (Å²) in [7, 11) is 0. The fourth-order valence-electron chi connectivity index (χ4n) is 4.50. The maximum atomic E-state index is 13.0. The van der Waals surface area contributed by atoms with Crippen molar-refractivity contribution in [3.05, 3.63) is 52.5 Å². The zero-order valence-corrected chi connectivity index (χ0v) is 14.6. The van der Waals surface area contributed by atoms with Crippen molar-refractivity contribution in [1.82, 2.24) is 9.97 Å². The second-order valence-electron chi connectivity index (χ2n) is 6.95. The molecule has 7 heteroatoms. The van der Waals surface area contributed by atoms with Gasteiger partial charge in [0.25, 0.3) is 0 Å². The lowest BCUT2D eigenvalue weighted by Crippen LogP contribution is -2.37. The van der Waals surface area contributed by atoms with Crippen LogP contribution in [0.2, 0.25) is 10.2 Å². The van der Waals surface area contributed by atoms with E-state index in [-0.39, 0.29) is 35.1 Å². The highest BCUT2D eigenvalue weighted by atomic mass is 35.5.